The molecule has 19 heavy (non-hydrogen) atoms. The SMILES string of the molecule is OC(CC1NCC2CCCC21)c1c(F)cccc1F. The van der Waals surface area contributed by atoms with E-state index in [1.807, 2.05) is 0 Å². The van der Waals surface area contributed by atoms with Crippen molar-refractivity contribution in [3.63, 3.8) is 0 Å². The van der Waals surface area contributed by atoms with Crippen molar-refractivity contribution in [2.75, 3.05) is 6.54 Å². The van der Waals surface area contributed by atoms with Gasteiger partial charge >= 0.3 is 0 Å². The van der Waals surface area contributed by atoms with Crippen molar-refractivity contribution in [1.29, 1.82) is 0 Å². The normalized spacial score (nSPS) is 31.4. The highest BCUT2D eigenvalue weighted by molar-refractivity contribution is 5.22. The van der Waals surface area contributed by atoms with Crippen LogP contribution in [0.5, 0.6) is 0 Å². The van der Waals surface area contributed by atoms with Gasteiger partial charge in [0.05, 0.1) is 11.7 Å². The standard InChI is InChI=1S/C15H19F2NO/c16-11-5-2-6-12(17)15(11)14(19)7-13-10-4-1-3-9(10)8-18-13/h2,5-6,9-10,13-14,18-19H,1,3-4,7-8H2. The van der Waals surface area contributed by atoms with Gasteiger partial charge in [-0.05, 0) is 49.8 Å². The van der Waals surface area contributed by atoms with Crippen LogP contribution in [0.3, 0.4) is 0 Å². The maximum absolute atomic E-state index is 13.6. The Morgan fingerprint density at radius 3 is 2.74 bits per heavy atom. The Kier molecular flexibility index (Phi) is 3.54. The van der Waals surface area contributed by atoms with Gasteiger partial charge in [0, 0.05) is 6.04 Å². The fourth-order valence-corrected chi connectivity index (χ4v) is 3.75. The number of rotatable bonds is 3. The van der Waals surface area contributed by atoms with Crippen molar-refractivity contribution in [1.82, 2.24) is 5.32 Å². The highest BCUT2D eigenvalue weighted by Crippen LogP contribution is 2.40. The number of aliphatic hydroxyl groups excluding tert-OH is 1. The molecule has 1 saturated carbocycles. The van der Waals surface area contributed by atoms with Gasteiger partial charge in [-0.15, -0.1) is 0 Å². The molecule has 1 heterocycles. The van der Waals surface area contributed by atoms with Crippen molar-refractivity contribution in [2.24, 2.45) is 11.8 Å². The molecule has 2 fully saturated rings. The quantitative estimate of drug-likeness (QED) is 0.882. The van der Waals surface area contributed by atoms with Gasteiger partial charge in [0.1, 0.15) is 11.6 Å². The third-order valence-electron chi connectivity index (χ3n) is 4.69. The van der Waals surface area contributed by atoms with Crippen molar-refractivity contribution in [2.45, 2.75) is 37.8 Å². The first-order chi connectivity index (χ1) is 9.16. The number of nitrogens with one attached hydrogen (secondary N) is 1. The summed E-state index contributed by atoms with van der Waals surface area (Å²) >= 11 is 0. The van der Waals surface area contributed by atoms with E-state index in [2.05, 4.69) is 5.32 Å². The van der Waals surface area contributed by atoms with Gasteiger partial charge in [-0.3, -0.25) is 0 Å². The fourth-order valence-electron chi connectivity index (χ4n) is 3.75. The topological polar surface area (TPSA) is 32.3 Å². The molecule has 2 nitrogen and oxygen atoms in total. The number of fused-ring (bicyclic) bond motifs is 1. The van der Waals surface area contributed by atoms with Crippen LogP contribution < -0.4 is 5.32 Å². The van der Waals surface area contributed by atoms with Crippen molar-refractivity contribution in [3.8, 4) is 0 Å². The Morgan fingerprint density at radius 2 is 2.00 bits per heavy atom. The third kappa shape index (κ3) is 2.39. The fraction of sp³-hybridized carbons (Fsp3) is 0.600. The van der Waals surface area contributed by atoms with Crippen LogP contribution in [-0.2, 0) is 0 Å². The van der Waals surface area contributed by atoms with Gasteiger partial charge in [0.15, 0.2) is 0 Å². The Hall–Kier alpha value is -1.00. The second kappa shape index (κ2) is 5.17. The minimum Gasteiger partial charge on any atom is -0.388 e. The van der Waals surface area contributed by atoms with Crippen LogP contribution in [0.15, 0.2) is 18.2 Å². The molecule has 4 unspecified atom stereocenters. The monoisotopic (exact) mass is 267 g/mol. The van der Waals surface area contributed by atoms with E-state index in [4.69, 9.17) is 0 Å². The lowest BCUT2D eigenvalue weighted by molar-refractivity contribution is 0.136. The molecule has 104 valence electrons. The van der Waals surface area contributed by atoms with E-state index in [0.717, 1.165) is 13.0 Å². The molecule has 0 aromatic heterocycles. The lowest BCUT2D eigenvalue weighted by Crippen LogP contribution is -2.29. The minimum absolute atomic E-state index is 0.182. The first-order valence-electron chi connectivity index (χ1n) is 7.02. The summed E-state index contributed by atoms with van der Waals surface area (Å²) < 4.78 is 27.2. The van der Waals surface area contributed by atoms with Gasteiger partial charge in [-0.2, -0.15) is 0 Å². The van der Waals surface area contributed by atoms with E-state index in [1.54, 1.807) is 0 Å². The zero-order valence-corrected chi connectivity index (χ0v) is 10.8. The molecule has 2 aliphatic rings. The Bertz CT molecular complexity index is 445. The Morgan fingerprint density at radius 1 is 1.26 bits per heavy atom. The summed E-state index contributed by atoms with van der Waals surface area (Å²) in [6.45, 7) is 0.974. The first-order valence-corrected chi connectivity index (χ1v) is 7.02. The Balaban J connectivity index is 1.73. The van der Waals surface area contributed by atoms with Crippen LogP contribution in [-0.4, -0.2) is 17.7 Å². The van der Waals surface area contributed by atoms with E-state index < -0.39 is 17.7 Å². The van der Waals surface area contributed by atoms with Crippen molar-refractivity contribution < 1.29 is 13.9 Å². The molecule has 4 heteroatoms. The number of hydrogen-bond acceptors (Lipinski definition) is 2. The summed E-state index contributed by atoms with van der Waals surface area (Å²) in [5.74, 6) is -0.0749. The maximum Gasteiger partial charge on any atom is 0.131 e. The second-order valence-electron chi connectivity index (χ2n) is 5.76. The lowest BCUT2D eigenvalue weighted by atomic mass is 9.89. The first kappa shape index (κ1) is 13.0. The molecule has 0 amide bonds. The molecule has 1 aromatic rings. The molecule has 1 aliphatic carbocycles. The summed E-state index contributed by atoms with van der Waals surface area (Å²) in [4.78, 5) is 0. The van der Waals surface area contributed by atoms with E-state index in [1.165, 1.54) is 31.0 Å². The van der Waals surface area contributed by atoms with Gasteiger partial charge in [0.25, 0.3) is 0 Å². The summed E-state index contributed by atoms with van der Waals surface area (Å²) in [5, 5.41) is 13.5. The zero-order valence-electron chi connectivity index (χ0n) is 10.8. The molecule has 0 bridgehead atoms. The van der Waals surface area contributed by atoms with E-state index >= 15 is 0 Å². The highest BCUT2D eigenvalue weighted by Gasteiger charge is 2.39. The molecule has 0 radical (unpaired) electrons. The summed E-state index contributed by atoms with van der Waals surface area (Å²) in [5.41, 5.74) is -0.189. The molecule has 2 N–H and O–H groups in total. The molecule has 3 rings (SSSR count). The van der Waals surface area contributed by atoms with Crippen LogP contribution in [0.25, 0.3) is 0 Å². The van der Waals surface area contributed by atoms with E-state index in [-0.39, 0.29) is 11.6 Å². The van der Waals surface area contributed by atoms with Crippen LogP contribution >= 0.6 is 0 Å². The smallest absolute Gasteiger partial charge is 0.131 e. The van der Waals surface area contributed by atoms with Gasteiger partial charge in [-0.1, -0.05) is 12.5 Å². The number of hydrogen-bond donors (Lipinski definition) is 2. The van der Waals surface area contributed by atoms with Gasteiger partial charge in [0.2, 0.25) is 0 Å². The van der Waals surface area contributed by atoms with Gasteiger partial charge < -0.3 is 10.4 Å². The maximum atomic E-state index is 13.6. The van der Waals surface area contributed by atoms with Crippen LogP contribution in [0.4, 0.5) is 8.78 Å². The molecule has 1 aliphatic heterocycles. The molecule has 4 atom stereocenters. The van der Waals surface area contributed by atoms with Crippen LogP contribution in [0, 0.1) is 23.5 Å². The van der Waals surface area contributed by atoms with Gasteiger partial charge in [-0.25, -0.2) is 8.78 Å². The van der Waals surface area contributed by atoms with Crippen LogP contribution in [0.1, 0.15) is 37.4 Å². The number of aliphatic hydroxyl groups is 1. The highest BCUT2D eigenvalue weighted by atomic mass is 19.1. The molecular formula is C15H19F2NO. The molecule has 0 spiro atoms. The largest absolute Gasteiger partial charge is 0.388 e. The van der Waals surface area contributed by atoms with E-state index in [9.17, 15) is 13.9 Å². The average Bonchev–Trinajstić information content (AvgIpc) is 2.94. The minimum atomic E-state index is -1.07. The molecular weight excluding hydrogens is 248 g/mol. The lowest BCUT2D eigenvalue weighted by Gasteiger charge is -2.22. The summed E-state index contributed by atoms with van der Waals surface area (Å²) in [7, 11) is 0. The number of halogens is 2. The predicted molar refractivity (Wildman–Crippen MR) is 68.6 cm³/mol. The summed E-state index contributed by atoms with van der Waals surface area (Å²) in [6, 6.07) is 3.90. The third-order valence-corrected chi connectivity index (χ3v) is 4.69. The molecule has 1 saturated heterocycles. The average molecular weight is 267 g/mol. The summed E-state index contributed by atoms with van der Waals surface area (Å²) in [6.07, 6.45) is 2.95. The van der Waals surface area contributed by atoms with E-state index in [0.29, 0.717) is 18.3 Å². The molecule has 1 aromatic carbocycles. The zero-order chi connectivity index (χ0) is 13.4. The number of benzene rings is 1. The van der Waals surface area contributed by atoms with Crippen molar-refractivity contribution >= 4 is 0 Å². The second-order valence-corrected chi connectivity index (χ2v) is 5.76. The van der Waals surface area contributed by atoms with Crippen LogP contribution in [0.2, 0.25) is 0 Å². The Labute approximate surface area is 111 Å². The van der Waals surface area contributed by atoms with Crippen molar-refractivity contribution in [3.05, 3.63) is 35.4 Å². The predicted octanol–water partition coefficient (Wildman–Crippen LogP) is 2.78.